The fourth-order valence-corrected chi connectivity index (χ4v) is 2.41. The Kier molecular flexibility index (Phi) is 2.25. The Hall–Kier alpha value is -0.870. The minimum Gasteiger partial charge on any atom is -0.379 e. The highest BCUT2D eigenvalue weighted by molar-refractivity contribution is 9.10. The topological polar surface area (TPSA) is 27.1 Å². The lowest BCUT2D eigenvalue weighted by atomic mass is 10.2. The van der Waals surface area contributed by atoms with Gasteiger partial charge in [-0.25, -0.2) is 0 Å². The zero-order valence-electron chi connectivity index (χ0n) is 8.19. The van der Waals surface area contributed by atoms with E-state index in [1.54, 1.807) is 0 Å². The summed E-state index contributed by atoms with van der Waals surface area (Å²) < 4.78 is 8.56. The quantitative estimate of drug-likeness (QED) is 0.794. The summed E-state index contributed by atoms with van der Waals surface area (Å²) in [7, 11) is 0. The van der Waals surface area contributed by atoms with Crippen molar-refractivity contribution in [1.29, 1.82) is 0 Å². The van der Waals surface area contributed by atoms with Crippen molar-refractivity contribution in [3.8, 4) is 0 Å². The van der Waals surface area contributed by atoms with E-state index in [9.17, 15) is 0 Å². The zero-order valence-corrected chi connectivity index (χ0v) is 9.77. The Morgan fingerprint density at radius 3 is 3.20 bits per heavy atom. The number of hydrogen-bond donors (Lipinski definition) is 0. The third kappa shape index (κ3) is 1.58. The van der Waals surface area contributed by atoms with E-state index in [1.165, 1.54) is 10.9 Å². The first-order valence-electron chi connectivity index (χ1n) is 5.05. The van der Waals surface area contributed by atoms with Gasteiger partial charge in [-0.05, 0) is 24.6 Å². The molecule has 0 aliphatic carbocycles. The van der Waals surface area contributed by atoms with Gasteiger partial charge in [-0.1, -0.05) is 15.9 Å². The molecule has 0 N–H and O–H groups in total. The fraction of sp³-hybridized carbons (Fsp3) is 0.364. The van der Waals surface area contributed by atoms with Gasteiger partial charge in [-0.15, -0.1) is 0 Å². The number of fused-ring (bicyclic) bond motifs is 1. The van der Waals surface area contributed by atoms with E-state index in [1.807, 2.05) is 6.20 Å². The molecule has 1 aliphatic rings. The number of aromatic nitrogens is 2. The van der Waals surface area contributed by atoms with Crippen molar-refractivity contribution >= 4 is 26.8 Å². The molecule has 1 saturated heterocycles. The monoisotopic (exact) mass is 266 g/mol. The van der Waals surface area contributed by atoms with Crippen molar-refractivity contribution in [2.45, 2.75) is 12.5 Å². The first kappa shape index (κ1) is 9.36. The molecule has 1 aromatic carbocycles. The van der Waals surface area contributed by atoms with Crippen LogP contribution in [0.1, 0.15) is 12.5 Å². The number of nitrogens with zero attached hydrogens (tertiary/aromatic N) is 2. The Bertz CT molecular complexity index is 488. The highest BCUT2D eigenvalue weighted by Crippen LogP contribution is 2.25. The van der Waals surface area contributed by atoms with Crippen LogP contribution in [0.4, 0.5) is 0 Å². The van der Waals surface area contributed by atoms with Crippen LogP contribution in [0.25, 0.3) is 10.9 Å². The van der Waals surface area contributed by atoms with Crippen molar-refractivity contribution in [3.63, 3.8) is 0 Å². The maximum Gasteiger partial charge on any atom is 0.0781 e. The van der Waals surface area contributed by atoms with Crippen LogP contribution in [-0.2, 0) is 4.74 Å². The Morgan fingerprint density at radius 1 is 1.47 bits per heavy atom. The van der Waals surface area contributed by atoms with Gasteiger partial charge in [0.15, 0.2) is 0 Å². The summed E-state index contributed by atoms with van der Waals surface area (Å²) in [5.41, 5.74) is 1.19. The van der Waals surface area contributed by atoms with Crippen LogP contribution in [0, 0.1) is 0 Å². The zero-order chi connectivity index (χ0) is 10.3. The van der Waals surface area contributed by atoms with Crippen LogP contribution in [0.2, 0.25) is 0 Å². The molecule has 0 radical (unpaired) electrons. The standard InChI is InChI=1S/C11H11BrN2O/c12-9-1-2-11-8(5-9)6-13-14(11)10-3-4-15-7-10/h1-2,5-6,10H,3-4,7H2/t10-/m0/s1. The normalized spacial score (nSPS) is 21.3. The second kappa shape index (κ2) is 3.61. The molecule has 0 amide bonds. The molecule has 0 spiro atoms. The minimum atomic E-state index is 0.406. The minimum absolute atomic E-state index is 0.406. The number of rotatable bonds is 1. The first-order chi connectivity index (χ1) is 7.34. The highest BCUT2D eigenvalue weighted by atomic mass is 79.9. The molecule has 3 rings (SSSR count). The van der Waals surface area contributed by atoms with Crippen LogP contribution < -0.4 is 0 Å². The number of hydrogen-bond acceptors (Lipinski definition) is 2. The molecule has 1 aliphatic heterocycles. The molecule has 1 atom stereocenters. The van der Waals surface area contributed by atoms with Crippen molar-refractivity contribution in [2.24, 2.45) is 0 Å². The lowest BCUT2D eigenvalue weighted by Gasteiger charge is -2.09. The first-order valence-corrected chi connectivity index (χ1v) is 5.84. The molecule has 0 saturated carbocycles. The predicted molar refractivity (Wildman–Crippen MR) is 61.9 cm³/mol. The van der Waals surface area contributed by atoms with Gasteiger partial charge in [0, 0.05) is 16.5 Å². The van der Waals surface area contributed by atoms with Crippen LogP contribution >= 0.6 is 15.9 Å². The molecular formula is C11H11BrN2O. The third-order valence-electron chi connectivity index (χ3n) is 2.81. The average Bonchev–Trinajstić information content (AvgIpc) is 2.82. The fourth-order valence-electron chi connectivity index (χ4n) is 2.03. The second-order valence-electron chi connectivity index (χ2n) is 3.81. The summed E-state index contributed by atoms with van der Waals surface area (Å²) in [4.78, 5) is 0. The molecule has 1 aromatic heterocycles. The van der Waals surface area contributed by atoms with Crippen molar-refractivity contribution in [3.05, 3.63) is 28.9 Å². The molecule has 4 heteroatoms. The van der Waals surface area contributed by atoms with Crippen LogP contribution in [-0.4, -0.2) is 23.0 Å². The molecule has 0 bridgehead atoms. The van der Waals surface area contributed by atoms with Crippen LogP contribution in [0.15, 0.2) is 28.9 Å². The SMILES string of the molecule is Brc1ccc2c(cnn2[C@H]2CCOC2)c1. The van der Waals surface area contributed by atoms with E-state index in [0.29, 0.717) is 6.04 Å². The molecule has 78 valence electrons. The Balaban J connectivity index is 2.11. The van der Waals surface area contributed by atoms with Crippen molar-refractivity contribution in [1.82, 2.24) is 9.78 Å². The summed E-state index contributed by atoms with van der Waals surface area (Å²) in [5.74, 6) is 0. The third-order valence-corrected chi connectivity index (χ3v) is 3.30. The van der Waals surface area contributed by atoms with Crippen molar-refractivity contribution < 1.29 is 4.74 Å². The molecule has 0 unspecified atom stereocenters. The summed E-state index contributed by atoms with van der Waals surface area (Å²) in [6, 6.07) is 6.65. The molecule has 2 heterocycles. The Labute approximate surface area is 96.2 Å². The van der Waals surface area contributed by atoms with Gasteiger partial charge in [0.25, 0.3) is 0 Å². The van der Waals surface area contributed by atoms with Gasteiger partial charge >= 0.3 is 0 Å². The number of ether oxygens (including phenoxy) is 1. The summed E-state index contributed by atoms with van der Waals surface area (Å²) >= 11 is 3.46. The average molecular weight is 267 g/mol. The maximum absolute atomic E-state index is 5.38. The van der Waals surface area contributed by atoms with E-state index in [-0.39, 0.29) is 0 Å². The van der Waals surface area contributed by atoms with Gasteiger partial charge in [0.1, 0.15) is 0 Å². The largest absolute Gasteiger partial charge is 0.379 e. The van der Waals surface area contributed by atoms with Crippen molar-refractivity contribution in [2.75, 3.05) is 13.2 Å². The van der Waals surface area contributed by atoms with Crippen LogP contribution in [0.5, 0.6) is 0 Å². The predicted octanol–water partition coefficient (Wildman–Crippen LogP) is 2.76. The molecule has 3 nitrogen and oxygen atoms in total. The van der Waals surface area contributed by atoms with Gasteiger partial charge < -0.3 is 4.74 Å². The Morgan fingerprint density at radius 2 is 2.40 bits per heavy atom. The highest BCUT2D eigenvalue weighted by Gasteiger charge is 2.19. The van der Waals surface area contributed by atoms with E-state index >= 15 is 0 Å². The van der Waals surface area contributed by atoms with Gasteiger partial charge in [0.05, 0.1) is 24.4 Å². The van der Waals surface area contributed by atoms with E-state index in [2.05, 4.69) is 43.9 Å². The van der Waals surface area contributed by atoms with Crippen LogP contribution in [0.3, 0.4) is 0 Å². The van der Waals surface area contributed by atoms with E-state index < -0.39 is 0 Å². The van der Waals surface area contributed by atoms with E-state index in [4.69, 9.17) is 4.74 Å². The molecule has 15 heavy (non-hydrogen) atoms. The smallest absolute Gasteiger partial charge is 0.0781 e. The molecule has 2 aromatic rings. The summed E-state index contributed by atoms with van der Waals surface area (Å²) in [6.07, 6.45) is 2.98. The number of halogens is 1. The second-order valence-corrected chi connectivity index (χ2v) is 4.73. The van der Waals surface area contributed by atoms with Gasteiger partial charge in [-0.2, -0.15) is 5.10 Å². The van der Waals surface area contributed by atoms with Gasteiger partial charge in [0.2, 0.25) is 0 Å². The van der Waals surface area contributed by atoms with E-state index in [0.717, 1.165) is 24.1 Å². The molecule has 1 fully saturated rings. The van der Waals surface area contributed by atoms with Gasteiger partial charge in [-0.3, -0.25) is 4.68 Å². The maximum atomic E-state index is 5.38. The lowest BCUT2D eigenvalue weighted by Crippen LogP contribution is -2.09. The summed E-state index contributed by atoms with van der Waals surface area (Å²) in [5, 5.41) is 5.61. The number of benzene rings is 1. The summed E-state index contributed by atoms with van der Waals surface area (Å²) in [6.45, 7) is 1.63. The molecular weight excluding hydrogens is 256 g/mol. The lowest BCUT2D eigenvalue weighted by molar-refractivity contribution is 0.185.